The number of carboxylic acids is 1. The number of nitrogens with one attached hydrogen (secondary N) is 1. The lowest BCUT2D eigenvalue weighted by atomic mass is 10.1. The number of Topliss-reactive ketones (excluding diaryl/α,β-unsaturated/α-hetero) is 1. The van der Waals surface area contributed by atoms with Crippen molar-refractivity contribution >= 4 is 23.3 Å². The third-order valence-electron chi connectivity index (χ3n) is 2.75. The van der Waals surface area contributed by atoms with E-state index in [9.17, 15) is 14.4 Å². The largest absolute Gasteiger partial charge is 0.478 e. The molecular weight excluding hydrogens is 246 g/mol. The molecule has 0 aliphatic carbocycles. The summed E-state index contributed by atoms with van der Waals surface area (Å²) in [4.78, 5) is 33.8. The van der Waals surface area contributed by atoms with Crippen LogP contribution in [0.4, 0.5) is 5.69 Å². The summed E-state index contributed by atoms with van der Waals surface area (Å²) < 4.78 is 0. The number of hydrogen-bond acceptors (Lipinski definition) is 3. The summed E-state index contributed by atoms with van der Waals surface area (Å²) in [6.07, 6.45) is 0. The van der Waals surface area contributed by atoms with Crippen LogP contribution in [0.2, 0.25) is 0 Å². The lowest BCUT2D eigenvalue weighted by Crippen LogP contribution is -2.16. The average molecular weight is 261 g/mol. The molecule has 0 aliphatic rings. The second-order valence-electron chi connectivity index (χ2n) is 4.15. The van der Waals surface area contributed by atoms with E-state index >= 15 is 0 Å². The molecule has 0 atom stereocenters. The molecule has 0 saturated heterocycles. The molecule has 100 valence electrons. The number of carbonyl (C=O) groups excluding carboxylic acids is 2. The molecule has 0 spiro atoms. The third kappa shape index (κ3) is 3.77. The second-order valence-corrected chi connectivity index (χ2v) is 4.15. The Morgan fingerprint density at radius 2 is 1.68 bits per heavy atom. The van der Waals surface area contributed by atoms with Gasteiger partial charge in [-0.25, -0.2) is 4.79 Å². The van der Waals surface area contributed by atoms with Crippen LogP contribution in [-0.4, -0.2) is 22.8 Å². The standard InChI is InChI=1S/C14H15NO4/c1-8(9(2)14(18)19)13(17)15-12-6-4-5-11(7-12)10(3)16/h4-7H,1-3H3,(H,15,17)(H,18,19). The molecule has 1 aromatic carbocycles. The summed E-state index contributed by atoms with van der Waals surface area (Å²) in [6, 6.07) is 6.47. The fourth-order valence-corrected chi connectivity index (χ4v) is 1.37. The molecule has 1 amide bonds. The number of hydrogen-bond donors (Lipinski definition) is 2. The number of benzene rings is 1. The van der Waals surface area contributed by atoms with Gasteiger partial charge in [0.1, 0.15) is 0 Å². The van der Waals surface area contributed by atoms with Crippen LogP contribution in [0.25, 0.3) is 0 Å². The van der Waals surface area contributed by atoms with E-state index in [0.717, 1.165) is 0 Å². The van der Waals surface area contributed by atoms with E-state index in [1.165, 1.54) is 20.8 Å². The number of aliphatic carboxylic acids is 1. The zero-order valence-electron chi connectivity index (χ0n) is 11.0. The summed E-state index contributed by atoms with van der Waals surface area (Å²) in [5, 5.41) is 11.4. The van der Waals surface area contributed by atoms with Crippen LogP contribution in [0.15, 0.2) is 35.4 Å². The van der Waals surface area contributed by atoms with Crippen LogP contribution in [0, 0.1) is 0 Å². The van der Waals surface area contributed by atoms with E-state index in [1.807, 2.05) is 0 Å². The minimum atomic E-state index is -1.13. The smallest absolute Gasteiger partial charge is 0.331 e. The Balaban J connectivity index is 2.95. The third-order valence-corrected chi connectivity index (χ3v) is 2.75. The van der Waals surface area contributed by atoms with Gasteiger partial charge in [0.05, 0.1) is 0 Å². The highest BCUT2D eigenvalue weighted by molar-refractivity contribution is 6.08. The van der Waals surface area contributed by atoms with Crippen molar-refractivity contribution in [2.75, 3.05) is 5.32 Å². The van der Waals surface area contributed by atoms with Crippen molar-refractivity contribution in [2.45, 2.75) is 20.8 Å². The molecule has 19 heavy (non-hydrogen) atoms. The number of anilines is 1. The Hall–Kier alpha value is -2.43. The quantitative estimate of drug-likeness (QED) is 0.643. The monoisotopic (exact) mass is 261 g/mol. The molecule has 1 rings (SSSR count). The zero-order chi connectivity index (χ0) is 14.6. The highest BCUT2D eigenvalue weighted by Crippen LogP contribution is 2.13. The van der Waals surface area contributed by atoms with Gasteiger partial charge in [-0.2, -0.15) is 0 Å². The molecule has 0 saturated carbocycles. The van der Waals surface area contributed by atoms with Gasteiger partial charge in [-0.3, -0.25) is 9.59 Å². The van der Waals surface area contributed by atoms with E-state index in [2.05, 4.69) is 5.32 Å². The molecule has 0 aromatic heterocycles. The molecule has 5 heteroatoms. The van der Waals surface area contributed by atoms with Crippen LogP contribution in [-0.2, 0) is 9.59 Å². The molecule has 0 radical (unpaired) electrons. The maximum absolute atomic E-state index is 11.8. The molecular formula is C14H15NO4. The van der Waals surface area contributed by atoms with Crippen molar-refractivity contribution in [1.82, 2.24) is 0 Å². The molecule has 5 nitrogen and oxygen atoms in total. The van der Waals surface area contributed by atoms with Gasteiger partial charge >= 0.3 is 5.97 Å². The molecule has 0 heterocycles. The van der Waals surface area contributed by atoms with Crippen molar-refractivity contribution < 1.29 is 19.5 Å². The Labute approximate surface area is 110 Å². The number of carboxylic acid groups (broad SMARTS) is 1. The Kier molecular flexibility index (Phi) is 4.58. The zero-order valence-corrected chi connectivity index (χ0v) is 11.0. The van der Waals surface area contributed by atoms with Gasteiger partial charge in [-0.15, -0.1) is 0 Å². The van der Waals surface area contributed by atoms with E-state index in [-0.39, 0.29) is 16.9 Å². The van der Waals surface area contributed by atoms with Crippen LogP contribution in [0.3, 0.4) is 0 Å². The van der Waals surface area contributed by atoms with Crippen molar-refractivity contribution in [3.05, 3.63) is 41.0 Å². The first kappa shape index (κ1) is 14.6. The Morgan fingerprint density at radius 3 is 2.21 bits per heavy atom. The highest BCUT2D eigenvalue weighted by atomic mass is 16.4. The number of rotatable bonds is 4. The van der Waals surface area contributed by atoms with Crippen molar-refractivity contribution in [3.63, 3.8) is 0 Å². The fraction of sp³-hybridized carbons (Fsp3) is 0.214. The van der Waals surface area contributed by atoms with Gasteiger partial charge < -0.3 is 10.4 Å². The second kappa shape index (κ2) is 5.95. The summed E-state index contributed by atoms with van der Waals surface area (Å²) in [6.45, 7) is 4.23. The van der Waals surface area contributed by atoms with Crippen LogP contribution in [0.1, 0.15) is 31.1 Å². The van der Waals surface area contributed by atoms with Gasteiger partial charge in [0.15, 0.2) is 5.78 Å². The first-order valence-corrected chi connectivity index (χ1v) is 5.66. The van der Waals surface area contributed by atoms with E-state index in [1.54, 1.807) is 24.3 Å². The number of ketones is 1. The molecule has 0 bridgehead atoms. The van der Waals surface area contributed by atoms with Gasteiger partial charge in [-0.05, 0) is 32.9 Å². The fourth-order valence-electron chi connectivity index (χ4n) is 1.37. The average Bonchev–Trinajstić information content (AvgIpc) is 2.37. The summed E-state index contributed by atoms with van der Waals surface area (Å²) in [5.74, 6) is -1.74. The van der Waals surface area contributed by atoms with Gasteiger partial charge in [0.25, 0.3) is 5.91 Å². The molecule has 0 fully saturated rings. The lowest BCUT2D eigenvalue weighted by Gasteiger charge is -2.07. The molecule has 0 unspecified atom stereocenters. The first-order valence-electron chi connectivity index (χ1n) is 5.66. The predicted octanol–water partition coefficient (Wildman–Crippen LogP) is 2.25. The lowest BCUT2D eigenvalue weighted by molar-refractivity contribution is -0.133. The van der Waals surface area contributed by atoms with E-state index in [4.69, 9.17) is 5.11 Å². The van der Waals surface area contributed by atoms with Crippen molar-refractivity contribution in [1.29, 1.82) is 0 Å². The Bertz CT molecular complexity index is 573. The van der Waals surface area contributed by atoms with Crippen molar-refractivity contribution in [2.24, 2.45) is 0 Å². The van der Waals surface area contributed by atoms with Gasteiger partial charge in [-0.1, -0.05) is 12.1 Å². The normalized spacial score (nSPS) is 11.5. The van der Waals surface area contributed by atoms with Crippen LogP contribution < -0.4 is 5.32 Å². The van der Waals surface area contributed by atoms with Crippen LogP contribution >= 0.6 is 0 Å². The van der Waals surface area contributed by atoms with E-state index < -0.39 is 11.9 Å². The summed E-state index contributed by atoms with van der Waals surface area (Å²) >= 11 is 0. The number of amides is 1. The summed E-state index contributed by atoms with van der Waals surface area (Å²) in [7, 11) is 0. The minimum absolute atomic E-state index is 0.0137. The first-order chi connectivity index (χ1) is 8.82. The summed E-state index contributed by atoms with van der Waals surface area (Å²) in [5.41, 5.74) is 1.05. The minimum Gasteiger partial charge on any atom is -0.478 e. The Morgan fingerprint density at radius 1 is 1.05 bits per heavy atom. The maximum atomic E-state index is 11.8. The molecule has 1 aromatic rings. The highest BCUT2D eigenvalue weighted by Gasteiger charge is 2.13. The van der Waals surface area contributed by atoms with Crippen LogP contribution in [0.5, 0.6) is 0 Å². The predicted molar refractivity (Wildman–Crippen MR) is 71.1 cm³/mol. The maximum Gasteiger partial charge on any atom is 0.331 e. The molecule has 0 aliphatic heterocycles. The number of carbonyl (C=O) groups is 3. The van der Waals surface area contributed by atoms with Crippen molar-refractivity contribution in [3.8, 4) is 0 Å². The van der Waals surface area contributed by atoms with Gasteiger partial charge in [0, 0.05) is 22.4 Å². The van der Waals surface area contributed by atoms with E-state index in [0.29, 0.717) is 11.3 Å². The SMILES string of the molecule is CC(=O)c1cccc(NC(=O)C(C)=C(C)C(=O)O)c1. The molecule has 2 N–H and O–H groups in total. The topological polar surface area (TPSA) is 83.5 Å². The van der Waals surface area contributed by atoms with Gasteiger partial charge in [0.2, 0.25) is 0 Å².